The predicted molar refractivity (Wildman–Crippen MR) is 74.4 cm³/mol. The molecule has 2 N–H and O–H groups in total. The molecular formula is C13H19N5O2. The van der Waals surface area contributed by atoms with Crippen LogP contribution in [0.5, 0.6) is 5.88 Å². The maximum atomic E-state index is 6.03. The average molecular weight is 277 g/mol. The number of ether oxygens (including phenoxy) is 2. The standard InChI is InChI=1S/C13H19N5O2/c1-3-9-8(4-5-20-9)6-18-11-10(17-13(18)14)12(19-2)16-7-15-11/h7-9H,3-6H2,1-2H3,(H2,14,17). The highest BCUT2D eigenvalue weighted by Crippen LogP contribution is 2.29. The molecule has 2 aromatic rings. The quantitative estimate of drug-likeness (QED) is 0.904. The molecule has 20 heavy (non-hydrogen) atoms. The van der Waals surface area contributed by atoms with Crippen molar-refractivity contribution in [1.82, 2.24) is 19.5 Å². The van der Waals surface area contributed by atoms with Gasteiger partial charge in [-0.25, -0.2) is 9.97 Å². The summed E-state index contributed by atoms with van der Waals surface area (Å²) in [5.74, 6) is 1.34. The van der Waals surface area contributed by atoms with Gasteiger partial charge in [0.25, 0.3) is 0 Å². The lowest BCUT2D eigenvalue weighted by Crippen LogP contribution is -2.21. The Hall–Kier alpha value is -1.89. The number of aromatic nitrogens is 4. The van der Waals surface area contributed by atoms with Crippen molar-refractivity contribution < 1.29 is 9.47 Å². The molecule has 1 aliphatic rings. The van der Waals surface area contributed by atoms with E-state index in [9.17, 15) is 0 Å². The number of nitrogens with zero attached hydrogens (tertiary/aromatic N) is 4. The van der Waals surface area contributed by atoms with Crippen LogP contribution in [0.15, 0.2) is 6.33 Å². The Kier molecular flexibility index (Phi) is 3.43. The first-order valence-corrected chi connectivity index (χ1v) is 6.86. The van der Waals surface area contributed by atoms with Crippen molar-refractivity contribution >= 4 is 17.1 Å². The molecule has 2 unspecified atom stereocenters. The third kappa shape index (κ3) is 2.07. The normalized spacial score (nSPS) is 22.5. The van der Waals surface area contributed by atoms with Crippen molar-refractivity contribution in [3.05, 3.63) is 6.33 Å². The monoisotopic (exact) mass is 277 g/mol. The van der Waals surface area contributed by atoms with Crippen molar-refractivity contribution in [2.75, 3.05) is 19.5 Å². The number of rotatable bonds is 4. The number of hydrogen-bond donors (Lipinski definition) is 1. The van der Waals surface area contributed by atoms with E-state index >= 15 is 0 Å². The molecule has 3 heterocycles. The number of hydrogen-bond acceptors (Lipinski definition) is 6. The number of nitrogens with two attached hydrogens (primary N) is 1. The van der Waals surface area contributed by atoms with Gasteiger partial charge in [-0.3, -0.25) is 4.57 Å². The number of methoxy groups -OCH3 is 1. The van der Waals surface area contributed by atoms with Crippen molar-refractivity contribution in [2.24, 2.45) is 5.92 Å². The van der Waals surface area contributed by atoms with Gasteiger partial charge in [-0.1, -0.05) is 6.92 Å². The molecule has 0 aliphatic carbocycles. The zero-order chi connectivity index (χ0) is 14.1. The third-order valence-corrected chi connectivity index (χ3v) is 3.89. The van der Waals surface area contributed by atoms with E-state index < -0.39 is 0 Å². The van der Waals surface area contributed by atoms with Crippen LogP contribution >= 0.6 is 0 Å². The maximum absolute atomic E-state index is 6.03. The molecule has 1 fully saturated rings. The molecule has 0 bridgehead atoms. The van der Waals surface area contributed by atoms with E-state index in [1.54, 1.807) is 7.11 Å². The first kappa shape index (κ1) is 13.1. The van der Waals surface area contributed by atoms with Gasteiger partial charge in [0.1, 0.15) is 6.33 Å². The second-order valence-corrected chi connectivity index (χ2v) is 5.00. The highest BCUT2D eigenvalue weighted by molar-refractivity contribution is 5.78. The molecule has 7 nitrogen and oxygen atoms in total. The summed E-state index contributed by atoms with van der Waals surface area (Å²) in [5, 5.41) is 0. The summed E-state index contributed by atoms with van der Waals surface area (Å²) >= 11 is 0. The molecule has 0 radical (unpaired) electrons. The SMILES string of the molecule is CCC1OCCC1Cn1c(N)nc2c(OC)ncnc21. The molecule has 0 saturated carbocycles. The molecule has 1 saturated heterocycles. The number of anilines is 1. The van der Waals surface area contributed by atoms with Gasteiger partial charge in [0.05, 0.1) is 13.2 Å². The smallest absolute Gasteiger partial charge is 0.245 e. The van der Waals surface area contributed by atoms with Crippen LogP contribution in [0.4, 0.5) is 5.95 Å². The zero-order valence-electron chi connectivity index (χ0n) is 11.7. The van der Waals surface area contributed by atoms with E-state index in [1.807, 2.05) is 4.57 Å². The third-order valence-electron chi connectivity index (χ3n) is 3.89. The summed E-state index contributed by atoms with van der Waals surface area (Å²) in [6, 6.07) is 0. The fraction of sp³-hybridized carbons (Fsp3) is 0.615. The topological polar surface area (TPSA) is 88.1 Å². The minimum absolute atomic E-state index is 0.288. The number of nitrogen functional groups attached to an aromatic ring is 1. The molecule has 0 amide bonds. The second-order valence-electron chi connectivity index (χ2n) is 5.00. The van der Waals surface area contributed by atoms with Gasteiger partial charge in [-0.05, 0) is 12.8 Å². The van der Waals surface area contributed by atoms with Gasteiger partial charge in [-0.2, -0.15) is 4.98 Å². The summed E-state index contributed by atoms with van der Waals surface area (Å²) in [6.07, 6.45) is 3.81. The van der Waals surface area contributed by atoms with Crippen LogP contribution in [0.3, 0.4) is 0 Å². The molecule has 108 valence electrons. The van der Waals surface area contributed by atoms with Crippen LogP contribution in [0.25, 0.3) is 11.2 Å². The van der Waals surface area contributed by atoms with E-state index in [1.165, 1.54) is 6.33 Å². The highest BCUT2D eigenvalue weighted by atomic mass is 16.5. The first-order valence-electron chi connectivity index (χ1n) is 6.86. The molecule has 7 heteroatoms. The van der Waals surface area contributed by atoms with E-state index in [0.717, 1.165) is 31.6 Å². The number of imidazole rings is 1. The Labute approximate surface area is 117 Å². The van der Waals surface area contributed by atoms with Gasteiger partial charge in [0, 0.05) is 19.1 Å². The van der Waals surface area contributed by atoms with Crippen LogP contribution in [0.2, 0.25) is 0 Å². The van der Waals surface area contributed by atoms with E-state index in [4.69, 9.17) is 15.2 Å². The Bertz CT molecular complexity index is 612. The lowest BCUT2D eigenvalue weighted by molar-refractivity contribution is 0.0839. The van der Waals surface area contributed by atoms with Gasteiger partial charge in [0.15, 0.2) is 11.2 Å². The van der Waals surface area contributed by atoms with Gasteiger partial charge >= 0.3 is 0 Å². The summed E-state index contributed by atoms with van der Waals surface area (Å²) in [5.41, 5.74) is 7.36. The van der Waals surface area contributed by atoms with E-state index in [-0.39, 0.29) is 6.10 Å². The van der Waals surface area contributed by atoms with E-state index in [2.05, 4.69) is 21.9 Å². The minimum atomic E-state index is 0.288. The van der Waals surface area contributed by atoms with Gasteiger partial charge < -0.3 is 15.2 Å². The number of fused-ring (bicyclic) bond motifs is 1. The molecule has 3 rings (SSSR count). The maximum Gasteiger partial charge on any atom is 0.245 e. The fourth-order valence-corrected chi connectivity index (χ4v) is 2.85. The van der Waals surface area contributed by atoms with Crippen molar-refractivity contribution in [3.63, 3.8) is 0 Å². The molecule has 0 aromatic carbocycles. The molecule has 2 atom stereocenters. The largest absolute Gasteiger partial charge is 0.479 e. The van der Waals surface area contributed by atoms with Crippen LogP contribution in [0, 0.1) is 5.92 Å². The van der Waals surface area contributed by atoms with Gasteiger partial charge in [-0.15, -0.1) is 0 Å². The summed E-state index contributed by atoms with van der Waals surface area (Å²) in [7, 11) is 1.56. The lowest BCUT2D eigenvalue weighted by Gasteiger charge is -2.18. The van der Waals surface area contributed by atoms with E-state index in [0.29, 0.717) is 23.3 Å². The summed E-state index contributed by atoms with van der Waals surface area (Å²) in [6.45, 7) is 3.72. The Balaban J connectivity index is 1.97. The van der Waals surface area contributed by atoms with Gasteiger partial charge in [0.2, 0.25) is 11.8 Å². The fourth-order valence-electron chi connectivity index (χ4n) is 2.85. The summed E-state index contributed by atoms with van der Waals surface area (Å²) < 4.78 is 12.9. The Morgan fingerprint density at radius 2 is 2.35 bits per heavy atom. The van der Waals surface area contributed by atoms with Crippen LogP contribution in [-0.4, -0.2) is 39.3 Å². The highest BCUT2D eigenvalue weighted by Gasteiger charge is 2.28. The zero-order valence-corrected chi connectivity index (χ0v) is 11.7. The average Bonchev–Trinajstić information content (AvgIpc) is 3.04. The van der Waals surface area contributed by atoms with Crippen molar-refractivity contribution in [2.45, 2.75) is 32.4 Å². The Morgan fingerprint density at radius 3 is 3.10 bits per heavy atom. The van der Waals surface area contributed by atoms with Crippen molar-refractivity contribution in [3.8, 4) is 5.88 Å². The predicted octanol–water partition coefficient (Wildman–Crippen LogP) is 1.23. The first-order chi connectivity index (χ1) is 9.74. The van der Waals surface area contributed by atoms with Crippen LogP contribution < -0.4 is 10.5 Å². The second kappa shape index (κ2) is 5.24. The summed E-state index contributed by atoms with van der Waals surface area (Å²) in [4.78, 5) is 12.7. The molecule has 2 aromatic heterocycles. The van der Waals surface area contributed by atoms with Crippen LogP contribution in [-0.2, 0) is 11.3 Å². The molecular weight excluding hydrogens is 258 g/mol. The Morgan fingerprint density at radius 1 is 1.50 bits per heavy atom. The molecule has 0 spiro atoms. The minimum Gasteiger partial charge on any atom is -0.479 e. The van der Waals surface area contributed by atoms with Crippen LogP contribution in [0.1, 0.15) is 19.8 Å². The lowest BCUT2D eigenvalue weighted by atomic mass is 9.99. The molecule has 1 aliphatic heterocycles. The van der Waals surface area contributed by atoms with Crippen molar-refractivity contribution in [1.29, 1.82) is 0 Å².